The van der Waals surface area contributed by atoms with E-state index in [1.54, 1.807) is 36.6 Å². The molecule has 2 aromatic rings. The number of ether oxygens (including phenoxy) is 1. The van der Waals surface area contributed by atoms with Crippen molar-refractivity contribution in [1.29, 1.82) is 0 Å². The molecule has 0 saturated heterocycles. The highest BCUT2D eigenvalue weighted by atomic mass is 32.2. The number of methoxy groups -OCH3 is 1. The van der Waals surface area contributed by atoms with Crippen LogP contribution in [0.3, 0.4) is 0 Å². The summed E-state index contributed by atoms with van der Waals surface area (Å²) in [5.41, 5.74) is 0.800. The molecule has 2 rings (SSSR count). The van der Waals surface area contributed by atoms with Gasteiger partial charge in [0.25, 0.3) is 0 Å². The van der Waals surface area contributed by atoms with Crippen LogP contribution < -0.4 is 9.46 Å². The Morgan fingerprint density at radius 1 is 1.30 bits per heavy atom. The predicted molar refractivity (Wildman–Crippen MR) is 80.9 cm³/mol. The average molecular weight is 311 g/mol. The number of nitrogens with one attached hydrogen (secondary N) is 1. The third-order valence-corrected chi connectivity index (χ3v) is 5.32. The van der Waals surface area contributed by atoms with E-state index in [0.29, 0.717) is 18.7 Å². The van der Waals surface area contributed by atoms with Gasteiger partial charge in [0.15, 0.2) is 0 Å². The quantitative estimate of drug-likeness (QED) is 0.892. The first-order valence-electron chi connectivity index (χ1n) is 6.19. The smallest absolute Gasteiger partial charge is 0.240 e. The number of sulfonamides is 1. The van der Waals surface area contributed by atoms with Crippen LogP contribution in [0.1, 0.15) is 10.4 Å². The van der Waals surface area contributed by atoms with Gasteiger partial charge >= 0.3 is 0 Å². The highest BCUT2D eigenvalue weighted by Crippen LogP contribution is 2.21. The minimum absolute atomic E-state index is 0.266. The molecule has 4 nitrogen and oxygen atoms in total. The second-order valence-corrected chi connectivity index (χ2v) is 7.16. The zero-order chi connectivity index (χ0) is 14.6. The van der Waals surface area contributed by atoms with Crippen molar-refractivity contribution in [3.63, 3.8) is 0 Å². The molecule has 1 heterocycles. The Morgan fingerprint density at radius 3 is 2.70 bits per heavy atom. The fourth-order valence-electron chi connectivity index (χ4n) is 1.86. The van der Waals surface area contributed by atoms with E-state index in [-0.39, 0.29) is 4.90 Å². The molecule has 0 radical (unpaired) electrons. The monoisotopic (exact) mass is 311 g/mol. The SMILES string of the molecule is COc1ccc(S(=O)(=O)NCCc2cccs2)cc1C. The van der Waals surface area contributed by atoms with Crippen LogP contribution in [0.4, 0.5) is 0 Å². The zero-order valence-electron chi connectivity index (χ0n) is 11.4. The number of rotatable bonds is 6. The lowest BCUT2D eigenvalue weighted by Gasteiger charge is -2.09. The van der Waals surface area contributed by atoms with Gasteiger partial charge in [0, 0.05) is 11.4 Å². The van der Waals surface area contributed by atoms with Crippen LogP contribution in [0.15, 0.2) is 40.6 Å². The number of thiophene rings is 1. The fraction of sp³-hybridized carbons (Fsp3) is 0.286. The average Bonchev–Trinajstić information content (AvgIpc) is 2.91. The van der Waals surface area contributed by atoms with Gasteiger partial charge in [-0.1, -0.05) is 6.07 Å². The molecule has 0 spiro atoms. The van der Waals surface area contributed by atoms with Gasteiger partial charge < -0.3 is 4.74 Å². The van der Waals surface area contributed by atoms with Crippen molar-refractivity contribution in [3.05, 3.63) is 46.2 Å². The maximum Gasteiger partial charge on any atom is 0.240 e. The number of hydrogen-bond donors (Lipinski definition) is 1. The molecule has 20 heavy (non-hydrogen) atoms. The van der Waals surface area contributed by atoms with E-state index in [2.05, 4.69) is 4.72 Å². The topological polar surface area (TPSA) is 55.4 Å². The molecule has 1 aromatic carbocycles. The van der Waals surface area contributed by atoms with E-state index in [4.69, 9.17) is 4.74 Å². The van der Waals surface area contributed by atoms with Crippen molar-refractivity contribution in [2.75, 3.05) is 13.7 Å². The van der Waals surface area contributed by atoms with Crippen molar-refractivity contribution in [3.8, 4) is 5.75 Å². The van der Waals surface area contributed by atoms with E-state index in [9.17, 15) is 8.42 Å². The van der Waals surface area contributed by atoms with Gasteiger partial charge in [0.2, 0.25) is 10.0 Å². The van der Waals surface area contributed by atoms with Gasteiger partial charge in [-0.15, -0.1) is 11.3 Å². The summed E-state index contributed by atoms with van der Waals surface area (Å²) >= 11 is 1.63. The molecule has 0 aliphatic heterocycles. The van der Waals surface area contributed by atoms with Gasteiger partial charge in [0.1, 0.15) is 5.75 Å². The molecular formula is C14H17NO3S2. The molecule has 0 saturated carbocycles. The van der Waals surface area contributed by atoms with Gasteiger partial charge in [-0.3, -0.25) is 0 Å². The first-order valence-corrected chi connectivity index (χ1v) is 8.56. The summed E-state index contributed by atoms with van der Waals surface area (Å²) < 4.78 is 32.1. The van der Waals surface area contributed by atoms with Crippen LogP contribution in [-0.2, 0) is 16.4 Å². The lowest BCUT2D eigenvalue weighted by Crippen LogP contribution is -2.25. The maximum atomic E-state index is 12.2. The lowest BCUT2D eigenvalue weighted by molar-refractivity contribution is 0.411. The zero-order valence-corrected chi connectivity index (χ0v) is 13.1. The summed E-state index contributed by atoms with van der Waals surface area (Å²) in [6.07, 6.45) is 0.700. The fourth-order valence-corrected chi connectivity index (χ4v) is 3.69. The van der Waals surface area contributed by atoms with Crippen molar-refractivity contribution in [2.24, 2.45) is 0 Å². The van der Waals surface area contributed by atoms with Crippen molar-refractivity contribution in [2.45, 2.75) is 18.2 Å². The van der Waals surface area contributed by atoms with E-state index in [1.807, 2.05) is 24.4 Å². The Kier molecular flexibility index (Phi) is 4.80. The molecule has 1 aromatic heterocycles. The first-order chi connectivity index (χ1) is 9.53. The van der Waals surface area contributed by atoms with Gasteiger partial charge in [-0.2, -0.15) is 0 Å². The minimum atomic E-state index is -3.46. The highest BCUT2D eigenvalue weighted by molar-refractivity contribution is 7.89. The molecule has 0 amide bonds. The maximum absolute atomic E-state index is 12.2. The summed E-state index contributed by atoms with van der Waals surface area (Å²) in [5, 5.41) is 1.98. The van der Waals surface area contributed by atoms with Gasteiger partial charge in [-0.25, -0.2) is 13.1 Å². The lowest BCUT2D eigenvalue weighted by atomic mass is 10.2. The van der Waals surface area contributed by atoms with Crippen LogP contribution in [0, 0.1) is 6.92 Å². The standard InChI is InChI=1S/C14H17NO3S2/c1-11-10-13(5-6-14(11)18-2)20(16,17)15-8-7-12-4-3-9-19-12/h3-6,9-10,15H,7-8H2,1-2H3. The molecule has 0 aliphatic carbocycles. The molecule has 0 unspecified atom stereocenters. The van der Waals surface area contributed by atoms with Gasteiger partial charge in [-0.05, 0) is 48.6 Å². The Morgan fingerprint density at radius 2 is 2.10 bits per heavy atom. The third kappa shape index (κ3) is 3.59. The van der Waals surface area contributed by atoms with E-state index >= 15 is 0 Å². The Balaban J connectivity index is 2.04. The minimum Gasteiger partial charge on any atom is -0.496 e. The molecule has 0 aliphatic rings. The summed E-state index contributed by atoms with van der Waals surface area (Å²) in [6, 6.07) is 8.80. The van der Waals surface area contributed by atoms with Crippen LogP contribution >= 0.6 is 11.3 Å². The third-order valence-electron chi connectivity index (χ3n) is 2.92. The summed E-state index contributed by atoms with van der Waals surface area (Å²) in [7, 11) is -1.90. The molecule has 0 fully saturated rings. The Hall–Kier alpha value is -1.37. The van der Waals surface area contributed by atoms with Crippen molar-refractivity contribution >= 4 is 21.4 Å². The molecule has 1 N–H and O–H groups in total. The molecular weight excluding hydrogens is 294 g/mol. The number of aryl methyl sites for hydroxylation is 1. The summed E-state index contributed by atoms with van der Waals surface area (Å²) in [5.74, 6) is 0.683. The van der Waals surface area contributed by atoms with E-state index < -0.39 is 10.0 Å². The predicted octanol–water partition coefficient (Wildman–Crippen LogP) is 2.59. The van der Waals surface area contributed by atoms with Crippen LogP contribution in [0.5, 0.6) is 5.75 Å². The number of benzene rings is 1. The Labute approximate surface area is 123 Å². The van der Waals surface area contributed by atoms with E-state index in [0.717, 1.165) is 5.56 Å². The summed E-state index contributed by atoms with van der Waals surface area (Å²) in [4.78, 5) is 1.43. The summed E-state index contributed by atoms with van der Waals surface area (Å²) in [6.45, 7) is 2.22. The normalized spacial score (nSPS) is 11.5. The molecule has 108 valence electrons. The van der Waals surface area contributed by atoms with Crippen molar-refractivity contribution in [1.82, 2.24) is 4.72 Å². The molecule has 0 atom stereocenters. The largest absolute Gasteiger partial charge is 0.496 e. The second-order valence-electron chi connectivity index (χ2n) is 4.36. The van der Waals surface area contributed by atoms with Crippen LogP contribution in [0.2, 0.25) is 0 Å². The first kappa shape index (κ1) is 15.0. The number of hydrogen-bond acceptors (Lipinski definition) is 4. The van der Waals surface area contributed by atoms with E-state index in [1.165, 1.54) is 4.88 Å². The second kappa shape index (κ2) is 6.39. The Bertz CT molecular complexity index is 664. The van der Waals surface area contributed by atoms with Crippen molar-refractivity contribution < 1.29 is 13.2 Å². The van der Waals surface area contributed by atoms with Crippen LogP contribution in [0.25, 0.3) is 0 Å². The van der Waals surface area contributed by atoms with Crippen LogP contribution in [-0.4, -0.2) is 22.1 Å². The molecule has 0 bridgehead atoms. The highest BCUT2D eigenvalue weighted by Gasteiger charge is 2.14. The molecule has 6 heteroatoms. The van der Waals surface area contributed by atoms with Gasteiger partial charge in [0.05, 0.1) is 12.0 Å².